The van der Waals surface area contributed by atoms with Crippen LogP contribution in [0.5, 0.6) is 5.75 Å². The third kappa shape index (κ3) is 1.61. The lowest BCUT2D eigenvalue weighted by atomic mass is 9.99. The van der Waals surface area contributed by atoms with Crippen LogP contribution in [0.15, 0.2) is 6.07 Å². The molecule has 0 saturated carbocycles. The molecule has 0 aliphatic carbocycles. The number of benzene rings is 1. The van der Waals surface area contributed by atoms with Crippen molar-refractivity contribution < 1.29 is 9.53 Å². The standard InChI is InChI=1S/C13H15ClO2/c1-4-5-9-13(15)11-8(3)12(14)7(2)6-10(11)16-9/h6,9H,4-5H2,1-3H3. The number of carbonyl (C=O) groups is 1. The van der Waals surface area contributed by atoms with Gasteiger partial charge in [-0.2, -0.15) is 0 Å². The number of carbonyl (C=O) groups excluding carboxylic acids is 1. The maximum atomic E-state index is 12.1. The molecule has 86 valence electrons. The Hall–Kier alpha value is -1.02. The highest BCUT2D eigenvalue weighted by molar-refractivity contribution is 6.33. The molecule has 0 saturated heterocycles. The Morgan fingerprint density at radius 1 is 1.44 bits per heavy atom. The second kappa shape index (κ2) is 4.10. The molecule has 1 unspecified atom stereocenters. The molecule has 2 nitrogen and oxygen atoms in total. The van der Waals surface area contributed by atoms with Gasteiger partial charge in [0.1, 0.15) is 5.75 Å². The van der Waals surface area contributed by atoms with Crippen molar-refractivity contribution in [3.05, 3.63) is 27.8 Å². The maximum Gasteiger partial charge on any atom is 0.207 e. The smallest absolute Gasteiger partial charge is 0.207 e. The molecular weight excluding hydrogens is 224 g/mol. The van der Waals surface area contributed by atoms with E-state index in [2.05, 4.69) is 0 Å². The van der Waals surface area contributed by atoms with Gasteiger partial charge in [0.05, 0.1) is 5.56 Å². The largest absolute Gasteiger partial charge is 0.481 e. The second-order valence-electron chi connectivity index (χ2n) is 4.27. The summed E-state index contributed by atoms with van der Waals surface area (Å²) in [7, 11) is 0. The van der Waals surface area contributed by atoms with Crippen LogP contribution in [0, 0.1) is 13.8 Å². The fourth-order valence-electron chi connectivity index (χ4n) is 2.14. The number of fused-ring (bicyclic) bond motifs is 1. The molecule has 0 fully saturated rings. The van der Waals surface area contributed by atoms with Crippen molar-refractivity contribution in [2.75, 3.05) is 0 Å². The van der Waals surface area contributed by atoms with Crippen LogP contribution in [0.25, 0.3) is 0 Å². The zero-order valence-electron chi connectivity index (χ0n) is 9.76. The van der Waals surface area contributed by atoms with E-state index in [0.717, 1.165) is 24.0 Å². The third-order valence-corrected chi connectivity index (χ3v) is 3.58. The Morgan fingerprint density at radius 3 is 2.75 bits per heavy atom. The summed E-state index contributed by atoms with van der Waals surface area (Å²) in [5, 5.41) is 0.674. The summed E-state index contributed by atoms with van der Waals surface area (Å²) >= 11 is 6.14. The van der Waals surface area contributed by atoms with Crippen LogP contribution in [-0.2, 0) is 0 Å². The summed E-state index contributed by atoms with van der Waals surface area (Å²) in [6, 6.07) is 1.86. The van der Waals surface area contributed by atoms with Gasteiger partial charge in [0.25, 0.3) is 0 Å². The van der Waals surface area contributed by atoms with Crippen LogP contribution >= 0.6 is 11.6 Å². The Morgan fingerprint density at radius 2 is 2.12 bits per heavy atom. The molecule has 0 radical (unpaired) electrons. The highest BCUT2D eigenvalue weighted by atomic mass is 35.5. The molecule has 1 heterocycles. The number of Topliss-reactive ketones (excluding diaryl/α,β-unsaturated/α-hetero) is 1. The summed E-state index contributed by atoms with van der Waals surface area (Å²) in [4.78, 5) is 12.1. The first-order chi connectivity index (χ1) is 7.56. The minimum atomic E-state index is -0.309. The van der Waals surface area contributed by atoms with E-state index in [1.807, 2.05) is 26.8 Å². The van der Waals surface area contributed by atoms with Gasteiger partial charge >= 0.3 is 0 Å². The minimum Gasteiger partial charge on any atom is -0.481 e. The van der Waals surface area contributed by atoms with Crippen molar-refractivity contribution in [3.63, 3.8) is 0 Å². The molecule has 0 aromatic heterocycles. The minimum absolute atomic E-state index is 0.0799. The molecule has 1 aromatic rings. The first-order valence-corrected chi connectivity index (χ1v) is 5.94. The first kappa shape index (κ1) is 11.5. The summed E-state index contributed by atoms with van der Waals surface area (Å²) in [6.07, 6.45) is 1.40. The molecule has 0 N–H and O–H groups in total. The zero-order chi connectivity index (χ0) is 11.9. The van der Waals surface area contributed by atoms with E-state index >= 15 is 0 Å². The molecular formula is C13H15ClO2. The number of hydrogen-bond acceptors (Lipinski definition) is 2. The van der Waals surface area contributed by atoms with E-state index in [1.54, 1.807) is 0 Å². The van der Waals surface area contributed by atoms with Gasteiger partial charge in [-0.15, -0.1) is 0 Å². The van der Waals surface area contributed by atoms with Crippen LogP contribution in [0.4, 0.5) is 0 Å². The molecule has 1 aliphatic rings. The van der Waals surface area contributed by atoms with E-state index in [4.69, 9.17) is 16.3 Å². The molecule has 16 heavy (non-hydrogen) atoms. The van der Waals surface area contributed by atoms with Crippen molar-refractivity contribution in [1.29, 1.82) is 0 Å². The number of aryl methyl sites for hydroxylation is 1. The lowest BCUT2D eigenvalue weighted by Crippen LogP contribution is -2.20. The number of ether oxygens (including phenoxy) is 1. The average molecular weight is 239 g/mol. The van der Waals surface area contributed by atoms with Gasteiger partial charge in [-0.05, 0) is 37.5 Å². The molecule has 1 aliphatic heterocycles. The fourth-order valence-corrected chi connectivity index (χ4v) is 2.29. The quantitative estimate of drug-likeness (QED) is 0.785. The molecule has 1 atom stereocenters. The Balaban J connectivity index is 2.48. The lowest BCUT2D eigenvalue weighted by Gasteiger charge is -2.07. The van der Waals surface area contributed by atoms with E-state index < -0.39 is 0 Å². The average Bonchev–Trinajstić information content (AvgIpc) is 2.53. The number of ketones is 1. The van der Waals surface area contributed by atoms with Gasteiger partial charge in [-0.25, -0.2) is 0 Å². The van der Waals surface area contributed by atoms with Gasteiger partial charge in [0.2, 0.25) is 5.78 Å². The van der Waals surface area contributed by atoms with Crippen molar-refractivity contribution in [2.24, 2.45) is 0 Å². The summed E-state index contributed by atoms with van der Waals surface area (Å²) in [5.41, 5.74) is 2.48. The van der Waals surface area contributed by atoms with Crippen LogP contribution in [0.1, 0.15) is 41.3 Å². The van der Waals surface area contributed by atoms with Crippen molar-refractivity contribution in [3.8, 4) is 5.75 Å². The van der Waals surface area contributed by atoms with Gasteiger partial charge in [-0.3, -0.25) is 4.79 Å². The Labute approximate surface area is 101 Å². The Bertz CT molecular complexity index is 452. The van der Waals surface area contributed by atoms with E-state index in [0.29, 0.717) is 16.3 Å². The zero-order valence-corrected chi connectivity index (χ0v) is 10.5. The van der Waals surface area contributed by atoms with Gasteiger partial charge in [-0.1, -0.05) is 24.9 Å². The van der Waals surface area contributed by atoms with Crippen LogP contribution in [0.2, 0.25) is 5.02 Å². The van der Waals surface area contributed by atoms with Crippen molar-refractivity contribution in [2.45, 2.75) is 39.7 Å². The number of halogens is 1. The monoisotopic (exact) mass is 238 g/mol. The predicted molar refractivity (Wildman–Crippen MR) is 64.6 cm³/mol. The molecule has 0 amide bonds. The van der Waals surface area contributed by atoms with Gasteiger partial charge in [0.15, 0.2) is 6.10 Å². The fraction of sp³-hybridized carbons (Fsp3) is 0.462. The number of hydrogen-bond donors (Lipinski definition) is 0. The van der Waals surface area contributed by atoms with Crippen molar-refractivity contribution >= 4 is 17.4 Å². The lowest BCUT2D eigenvalue weighted by molar-refractivity contribution is 0.0845. The second-order valence-corrected chi connectivity index (χ2v) is 4.64. The highest BCUT2D eigenvalue weighted by Crippen LogP contribution is 2.38. The van der Waals surface area contributed by atoms with Crippen LogP contribution in [0.3, 0.4) is 0 Å². The predicted octanol–water partition coefficient (Wildman–Crippen LogP) is 3.70. The van der Waals surface area contributed by atoms with Crippen LogP contribution < -0.4 is 4.74 Å². The first-order valence-electron chi connectivity index (χ1n) is 5.56. The van der Waals surface area contributed by atoms with Crippen molar-refractivity contribution in [1.82, 2.24) is 0 Å². The SMILES string of the molecule is CCCC1Oc2cc(C)c(Cl)c(C)c2C1=O. The maximum absolute atomic E-state index is 12.1. The molecule has 3 heteroatoms. The molecule has 0 bridgehead atoms. The topological polar surface area (TPSA) is 26.3 Å². The molecule has 0 spiro atoms. The Kier molecular flexibility index (Phi) is 2.94. The normalized spacial score (nSPS) is 18.5. The summed E-state index contributed by atoms with van der Waals surface area (Å²) < 4.78 is 5.67. The summed E-state index contributed by atoms with van der Waals surface area (Å²) in [6.45, 7) is 5.85. The third-order valence-electron chi connectivity index (χ3n) is 3.00. The highest BCUT2D eigenvalue weighted by Gasteiger charge is 2.34. The molecule has 2 rings (SSSR count). The van der Waals surface area contributed by atoms with E-state index in [-0.39, 0.29) is 11.9 Å². The number of rotatable bonds is 2. The van der Waals surface area contributed by atoms with Gasteiger partial charge < -0.3 is 4.74 Å². The van der Waals surface area contributed by atoms with E-state index in [9.17, 15) is 4.79 Å². The van der Waals surface area contributed by atoms with Gasteiger partial charge in [0, 0.05) is 5.02 Å². The van der Waals surface area contributed by atoms with E-state index in [1.165, 1.54) is 0 Å². The molecule has 1 aromatic carbocycles. The summed E-state index contributed by atoms with van der Waals surface area (Å²) in [5.74, 6) is 0.777. The van der Waals surface area contributed by atoms with Crippen LogP contribution in [-0.4, -0.2) is 11.9 Å².